The third kappa shape index (κ3) is 4.90. The van der Waals surface area contributed by atoms with Crippen LogP contribution in [0, 0.1) is 5.92 Å². The summed E-state index contributed by atoms with van der Waals surface area (Å²) >= 11 is 0. The van der Waals surface area contributed by atoms with Crippen LogP contribution < -0.4 is 5.73 Å². The van der Waals surface area contributed by atoms with Crippen LogP contribution in [0.1, 0.15) is 19.3 Å². The van der Waals surface area contributed by atoms with Gasteiger partial charge < -0.3 is 5.73 Å². The standard InChI is InChI=1S/C10H20F3N3O2S/c1-15(7-4-10(11,12)13)19(17,18)16-5-2-9(8-14)3-6-16/h9H,2-8,14H2,1H3. The highest BCUT2D eigenvalue weighted by atomic mass is 32.2. The van der Waals surface area contributed by atoms with Crippen molar-refractivity contribution in [1.29, 1.82) is 0 Å². The lowest BCUT2D eigenvalue weighted by atomic mass is 9.99. The molecule has 1 aliphatic heterocycles. The fourth-order valence-electron chi connectivity index (χ4n) is 1.97. The lowest BCUT2D eigenvalue weighted by molar-refractivity contribution is -0.135. The van der Waals surface area contributed by atoms with Gasteiger partial charge >= 0.3 is 6.18 Å². The van der Waals surface area contributed by atoms with Gasteiger partial charge in [-0.25, -0.2) is 0 Å². The van der Waals surface area contributed by atoms with E-state index in [9.17, 15) is 21.6 Å². The maximum absolute atomic E-state index is 12.1. The van der Waals surface area contributed by atoms with E-state index in [0.717, 1.165) is 4.31 Å². The highest BCUT2D eigenvalue weighted by Crippen LogP contribution is 2.23. The number of nitrogens with two attached hydrogens (primary N) is 1. The second-order valence-electron chi connectivity index (χ2n) is 4.77. The Balaban J connectivity index is 2.55. The Bertz CT molecular complexity index is 378. The Labute approximate surface area is 111 Å². The summed E-state index contributed by atoms with van der Waals surface area (Å²) in [6, 6.07) is 0. The molecule has 0 aromatic rings. The number of hydrogen-bond acceptors (Lipinski definition) is 3. The summed E-state index contributed by atoms with van der Waals surface area (Å²) in [5.41, 5.74) is 5.51. The van der Waals surface area contributed by atoms with Crippen LogP contribution in [0.3, 0.4) is 0 Å². The quantitative estimate of drug-likeness (QED) is 0.816. The van der Waals surface area contributed by atoms with Crippen molar-refractivity contribution >= 4 is 10.2 Å². The third-order valence-corrected chi connectivity index (χ3v) is 5.33. The average molecular weight is 303 g/mol. The predicted molar refractivity (Wildman–Crippen MR) is 65.6 cm³/mol. The Morgan fingerprint density at radius 2 is 1.84 bits per heavy atom. The number of rotatable bonds is 5. The van der Waals surface area contributed by atoms with Gasteiger partial charge in [-0.2, -0.15) is 30.2 Å². The fraction of sp³-hybridized carbons (Fsp3) is 1.00. The minimum Gasteiger partial charge on any atom is -0.330 e. The van der Waals surface area contributed by atoms with E-state index in [1.807, 2.05) is 0 Å². The number of halogens is 3. The van der Waals surface area contributed by atoms with Gasteiger partial charge in [0, 0.05) is 26.7 Å². The molecular weight excluding hydrogens is 283 g/mol. The zero-order valence-electron chi connectivity index (χ0n) is 10.9. The van der Waals surface area contributed by atoms with Crippen molar-refractivity contribution < 1.29 is 21.6 Å². The number of alkyl halides is 3. The van der Waals surface area contributed by atoms with Gasteiger partial charge in [0.1, 0.15) is 0 Å². The molecule has 1 heterocycles. The molecule has 0 spiro atoms. The maximum atomic E-state index is 12.1. The van der Waals surface area contributed by atoms with Crippen molar-refractivity contribution in [2.45, 2.75) is 25.4 Å². The lowest BCUT2D eigenvalue weighted by Crippen LogP contribution is -2.47. The molecule has 1 fully saturated rings. The molecule has 9 heteroatoms. The van der Waals surface area contributed by atoms with Gasteiger partial charge in [-0.3, -0.25) is 0 Å². The van der Waals surface area contributed by atoms with Crippen molar-refractivity contribution in [2.75, 3.05) is 33.2 Å². The summed E-state index contributed by atoms with van der Waals surface area (Å²) in [6.07, 6.45) is -4.18. The largest absolute Gasteiger partial charge is 0.390 e. The van der Waals surface area contributed by atoms with E-state index >= 15 is 0 Å². The number of hydrogen-bond donors (Lipinski definition) is 1. The van der Waals surface area contributed by atoms with Crippen LogP contribution in [0.2, 0.25) is 0 Å². The summed E-state index contributed by atoms with van der Waals surface area (Å²) in [5.74, 6) is 0.298. The Morgan fingerprint density at radius 3 is 2.26 bits per heavy atom. The summed E-state index contributed by atoms with van der Waals surface area (Å²) < 4.78 is 62.4. The fourth-order valence-corrected chi connectivity index (χ4v) is 3.36. The van der Waals surface area contributed by atoms with Crippen LogP contribution in [0.4, 0.5) is 13.2 Å². The van der Waals surface area contributed by atoms with Crippen molar-refractivity contribution in [3.8, 4) is 0 Å². The van der Waals surface area contributed by atoms with Crippen LogP contribution >= 0.6 is 0 Å². The van der Waals surface area contributed by atoms with Crippen LogP contribution in [-0.2, 0) is 10.2 Å². The van der Waals surface area contributed by atoms with Gasteiger partial charge in [0.2, 0.25) is 0 Å². The molecule has 0 amide bonds. The van der Waals surface area contributed by atoms with Crippen molar-refractivity contribution in [2.24, 2.45) is 11.7 Å². The van der Waals surface area contributed by atoms with Gasteiger partial charge in [-0.1, -0.05) is 0 Å². The second-order valence-corrected chi connectivity index (χ2v) is 6.81. The third-order valence-electron chi connectivity index (χ3n) is 3.34. The van der Waals surface area contributed by atoms with Gasteiger partial charge in [-0.05, 0) is 25.3 Å². The van der Waals surface area contributed by atoms with Crippen LogP contribution in [0.25, 0.3) is 0 Å². The molecule has 1 aliphatic rings. The maximum Gasteiger partial charge on any atom is 0.390 e. The highest BCUT2D eigenvalue weighted by molar-refractivity contribution is 7.86. The number of piperidine rings is 1. The highest BCUT2D eigenvalue weighted by Gasteiger charge is 2.33. The molecular formula is C10H20F3N3O2S. The van der Waals surface area contributed by atoms with E-state index in [1.54, 1.807) is 0 Å². The predicted octanol–water partition coefficient (Wildman–Crippen LogP) is 0.786. The molecule has 1 rings (SSSR count). The van der Waals surface area contributed by atoms with Gasteiger partial charge in [0.05, 0.1) is 6.42 Å². The Morgan fingerprint density at radius 1 is 1.32 bits per heavy atom. The van der Waals surface area contributed by atoms with E-state index in [0.29, 0.717) is 38.4 Å². The van der Waals surface area contributed by atoms with E-state index in [-0.39, 0.29) is 0 Å². The summed E-state index contributed by atoms with van der Waals surface area (Å²) in [5, 5.41) is 0. The molecule has 19 heavy (non-hydrogen) atoms. The molecule has 0 aromatic carbocycles. The van der Waals surface area contributed by atoms with Crippen LogP contribution in [0.15, 0.2) is 0 Å². The smallest absolute Gasteiger partial charge is 0.330 e. The first-order valence-corrected chi connectivity index (χ1v) is 7.54. The molecule has 0 bridgehead atoms. The molecule has 1 saturated heterocycles. The molecule has 0 aromatic heterocycles. The molecule has 114 valence electrons. The summed E-state index contributed by atoms with van der Waals surface area (Å²) in [7, 11) is -2.61. The SMILES string of the molecule is CN(CCC(F)(F)F)S(=O)(=O)N1CCC(CN)CC1. The first kappa shape index (κ1) is 16.7. The normalized spacial score (nSPS) is 20.1. The first-order valence-electron chi connectivity index (χ1n) is 6.15. The van der Waals surface area contributed by atoms with E-state index in [1.165, 1.54) is 11.4 Å². The summed E-state index contributed by atoms with van der Waals surface area (Å²) in [6.45, 7) is 0.599. The van der Waals surface area contributed by atoms with Gasteiger partial charge in [0.25, 0.3) is 10.2 Å². The molecule has 0 unspecified atom stereocenters. The summed E-state index contributed by atoms with van der Waals surface area (Å²) in [4.78, 5) is 0. The van der Waals surface area contributed by atoms with Crippen LogP contribution in [-0.4, -0.2) is 56.4 Å². The molecule has 0 atom stereocenters. The van der Waals surface area contributed by atoms with Crippen LogP contribution in [0.5, 0.6) is 0 Å². The zero-order chi connectivity index (χ0) is 14.7. The van der Waals surface area contributed by atoms with E-state index in [2.05, 4.69) is 0 Å². The minimum atomic E-state index is -4.35. The van der Waals surface area contributed by atoms with Gasteiger partial charge in [-0.15, -0.1) is 0 Å². The van der Waals surface area contributed by atoms with E-state index in [4.69, 9.17) is 5.73 Å². The van der Waals surface area contributed by atoms with E-state index < -0.39 is 29.4 Å². The van der Waals surface area contributed by atoms with Gasteiger partial charge in [0.15, 0.2) is 0 Å². The minimum absolute atomic E-state index is 0.298. The molecule has 2 N–H and O–H groups in total. The van der Waals surface area contributed by atoms with Crippen molar-refractivity contribution in [3.63, 3.8) is 0 Å². The monoisotopic (exact) mass is 303 g/mol. The average Bonchev–Trinajstić information content (AvgIpc) is 2.35. The molecule has 5 nitrogen and oxygen atoms in total. The topological polar surface area (TPSA) is 66.6 Å². The number of nitrogens with zero attached hydrogens (tertiary/aromatic N) is 2. The first-order chi connectivity index (χ1) is 8.66. The second kappa shape index (κ2) is 6.38. The zero-order valence-corrected chi connectivity index (χ0v) is 11.7. The molecule has 0 aliphatic carbocycles. The lowest BCUT2D eigenvalue weighted by Gasteiger charge is -2.33. The van der Waals surface area contributed by atoms with Crippen molar-refractivity contribution in [1.82, 2.24) is 8.61 Å². The Kier molecular flexibility index (Phi) is 5.60. The Hall–Kier alpha value is -0.380. The molecule has 0 saturated carbocycles. The molecule has 0 radical (unpaired) electrons. The van der Waals surface area contributed by atoms with Crippen molar-refractivity contribution in [3.05, 3.63) is 0 Å².